The van der Waals surface area contributed by atoms with E-state index in [9.17, 15) is 15.2 Å². The Balaban J connectivity index is 2.13. The van der Waals surface area contributed by atoms with Gasteiger partial charge < -0.3 is 19.9 Å². The van der Waals surface area contributed by atoms with Gasteiger partial charge in [-0.15, -0.1) is 0 Å². The number of carbonyl (C=O) groups excluding carboxylic acids is 1. The van der Waals surface area contributed by atoms with Gasteiger partial charge in [0.1, 0.15) is 11.6 Å². The van der Waals surface area contributed by atoms with E-state index in [1.54, 1.807) is 12.1 Å². The molecule has 6 nitrogen and oxygen atoms in total. The minimum atomic E-state index is -0.440. The molecule has 0 spiro atoms. The van der Waals surface area contributed by atoms with Crippen LogP contribution in [-0.2, 0) is 9.53 Å². The van der Waals surface area contributed by atoms with Crippen molar-refractivity contribution >= 4 is 34.6 Å². The lowest BCUT2D eigenvalue weighted by Crippen LogP contribution is -2.32. The van der Waals surface area contributed by atoms with E-state index in [4.69, 9.17) is 9.47 Å². The van der Waals surface area contributed by atoms with Gasteiger partial charge in [0.25, 0.3) is 5.91 Å². The first kappa shape index (κ1) is 17.6. The Morgan fingerprint density at radius 2 is 2.43 bits per heavy atom. The van der Waals surface area contributed by atoms with Crippen LogP contribution in [0.3, 0.4) is 0 Å². The van der Waals surface area contributed by atoms with Crippen LogP contribution in [0.4, 0.5) is 0 Å². The number of nitrogens with one attached hydrogen (secondary N) is 1. The number of nitriles is 1. The van der Waals surface area contributed by atoms with E-state index in [-0.39, 0.29) is 17.4 Å². The SMILES string of the molecule is COc1cc(C=C(C#N)C(=O)NCC2CCCO2)cc(I)c1O. The number of amides is 1. The van der Waals surface area contributed by atoms with E-state index >= 15 is 0 Å². The molecule has 1 amide bonds. The molecule has 23 heavy (non-hydrogen) atoms. The smallest absolute Gasteiger partial charge is 0.262 e. The quantitative estimate of drug-likeness (QED) is 0.427. The van der Waals surface area contributed by atoms with Crippen LogP contribution in [0.5, 0.6) is 11.5 Å². The van der Waals surface area contributed by atoms with Crippen molar-refractivity contribution in [3.63, 3.8) is 0 Å². The lowest BCUT2D eigenvalue weighted by molar-refractivity contribution is -0.117. The Kier molecular flexibility index (Phi) is 6.24. The minimum absolute atomic E-state index is 0.00783. The molecule has 2 N–H and O–H groups in total. The van der Waals surface area contributed by atoms with Crippen molar-refractivity contribution in [2.45, 2.75) is 18.9 Å². The van der Waals surface area contributed by atoms with Crippen LogP contribution in [0, 0.1) is 14.9 Å². The molecule has 7 heteroatoms. The van der Waals surface area contributed by atoms with Crippen molar-refractivity contribution in [2.75, 3.05) is 20.3 Å². The van der Waals surface area contributed by atoms with Gasteiger partial charge in [-0.3, -0.25) is 4.79 Å². The van der Waals surface area contributed by atoms with Gasteiger partial charge in [0, 0.05) is 13.2 Å². The van der Waals surface area contributed by atoms with E-state index in [1.807, 2.05) is 28.7 Å². The first-order valence-electron chi connectivity index (χ1n) is 7.13. The van der Waals surface area contributed by atoms with Crippen molar-refractivity contribution in [2.24, 2.45) is 0 Å². The van der Waals surface area contributed by atoms with Crippen molar-refractivity contribution in [3.8, 4) is 17.6 Å². The highest BCUT2D eigenvalue weighted by atomic mass is 127. The number of methoxy groups -OCH3 is 1. The molecule has 1 saturated heterocycles. The van der Waals surface area contributed by atoms with Gasteiger partial charge in [-0.2, -0.15) is 5.26 Å². The average Bonchev–Trinajstić information content (AvgIpc) is 3.06. The van der Waals surface area contributed by atoms with E-state index in [2.05, 4.69) is 5.32 Å². The molecule has 1 aliphatic rings. The number of benzene rings is 1. The maximum Gasteiger partial charge on any atom is 0.262 e. The first-order valence-corrected chi connectivity index (χ1v) is 8.21. The molecule has 1 aromatic carbocycles. The Hall–Kier alpha value is -1.79. The van der Waals surface area contributed by atoms with Gasteiger partial charge in [0.15, 0.2) is 11.5 Å². The molecule has 1 aliphatic heterocycles. The highest BCUT2D eigenvalue weighted by Gasteiger charge is 2.18. The fraction of sp³-hybridized carbons (Fsp3) is 0.375. The third-order valence-corrected chi connectivity index (χ3v) is 4.28. The zero-order chi connectivity index (χ0) is 16.8. The van der Waals surface area contributed by atoms with E-state index in [1.165, 1.54) is 13.2 Å². The second-order valence-corrected chi connectivity index (χ2v) is 6.23. The van der Waals surface area contributed by atoms with E-state index in [0.717, 1.165) is 12.8 Å². The van der Waals surface area contributed by atoms with E-state index in [0.29, 0.717) is 28.0 Å². The fourth-order valence-electron chi connectivity index (χ4n) is 2.26. The average molecular weight is 428 g/mol. The van der Waals surface area contributed by atoms with Crippen molar-refractivity contribution in [1.82, 2.24) is 5.32 Å². The Morgan fingerprint density at radius 1 is 1.65 bits per heavy atom. The number of hydrogen-bond acceptors (Lipinski definition) is 5. The normalized spacial score (nSPS) is 17.6. The zero-order valence-electron chi connectivity index (χ0n) is 12.6. The predicted molar refractivity (Wildman–Crippen MR) is 92.9 cm³/mol. The summed E-state index contributed by atoms with van der Waals surface area (Å²) in [6.07, 6.45) is 3.40. The lowest BCUT2D eigenvalue weighted by atomic mass is 10.1. The lowest BCUT2D eigenvalue weighted by Gasteiger charge is -2.10. The van der Waals surface area contributed by atoms with Crippen LogP contribution in [-0.4, -0.2) is 37.4 Å². The number of phenolic OH excluding ortho intramolecular Hbond substituents is 1. The van der Waals surface area contributed by atoms with Gasteiger partial charge in [-0.25, -0.2) is 0 Å². The summed E-state index contributed by atoms with van der Waals surface area (Å²) in [7, 11) is 1.44. The summed E-state index contributed by atoms with van der Waals surface area (Å²) in [6, 6.07) is 5.14. The van der Waals surface area contributed by atoms with Gasteiger partial charge in [0.2, 0.25) is 0 Å². The summed E-state index contributed by atoms with van der Waals surface area (Å²) in [6.45, 7) is 1.11. The van der Waals surface area contributed by atoms with Crippen molar-refractivity contribution in [3.05, 3.63) is 26.8 Å². The predicted octanol–water partition coefficient (Wildman–Crippen LogP) is 2.21. The zero-order valence-corrected chi connectivity index (χ0v) is 14.8. The van der Waals surface area contributed by atoms with Crippen molar-refractivity contribution < 1.29 is 19.4 Å². The summed E-state index contributed by atoms with van der Waals surface area (Å²) in [5.41, 5.74) is 0.597. The van der Waals surface area contributed by atoms with Crippen LogP contribution in [0.1, 0.15) is 18.4 Å². The van der Waals surface area contributed by atoms with Crippen LogP contribution in [0.2, 0.25) is 0 Å². The van der Waals surface area contributed by atoms with Crippen LogP contribution in [0.15, 0.2) is 17.7 Å². The number of halogens is 1. The molecule has 0 saturated carbocycles. The molecule has 1 heterocycles. The third kappa shape index (κ3) is 4.59. The first-order chi connectivity index (χ1) is 11.0. The largest absolute Gasteiger partial charge is 0.504 e. The number of phenols is 1. The Morgan fingerprint density at radius 3 is 3.04 bits per heavy atom. The van der Waals surface area contributed by atoms with Gasteiger partial charge >= 0.3 is 0 Å². The minimum Gasteiger partial charge on any atom is -0.504 e. The summed E-state index contributed by atoms with van der Waals surface area (Å²) < 4.78 is 11.1. The second-order valence-electron chi connectivity index (χ2n) is 5.07. The molecule has 1 fully saturated rings. The number of aromatic hydroxyl groups is 1. The summed E-state index contributed by atoms with van der Waals surface area (Å²) in [5, 5.41) is 21.7. The van der Waals surface area contributed by atoms with Crippen LogP contribution < -0.4 is 10.1 Å². The maximum atomic E-state index is 12.1. The van der Waals surface area contributed by atoms with Gasteiger partial charge in [0.05, 0.1) is 16.8 Å². The fourth-order valence-corrected chi connectivity index (χ4v) is 2.88. The summed E-state index contributed by atoms with van der Waals surface area (Å²) in [5.74, 6) is -0.114. The molecular formula is C16H17IN2O4. The van der Waals surface area contributed by atoms with Gasteiger partial charge in [-0.1, -0.05) is 0 Å². The van der Waals surface area contributed by atoms with Gasteiger partial charge in [-0.05, 0) is 59.2 Å². The molecule has 0 radical (unpaired) electrons. The molecule has 1 aromatic rings. The number of hydrogen-bond donors (Lipinski definition) is 2. The topological polar surface area (TPSA) is 91.6 Å². The number of ether oxygens (including phenoxy) is 2. The van der Waals surface area contributed by atoms with Crippen molar-refractivity contribution in [1.29, 1.82) is 5.26 Å². The standard InChI is InChI=1S/C16H17IN2O4/c1-22-14-7-10(6-13(17)15(14)20)5-11(8-18)16(21)19-9-12-3-2-4-23-12/h5-7,12,20H,2-4,9H2,1H3,(H,19,21). The summed E-state index contributed by atoms with van der Waals surface area (Å²) in [4.78, 5) is 12.1. The molecule has 0 aromatic heterocycles. The molecule has 0 aliphatic carbocycles. The monoisotopic (exact) mass is 428 g/mol. The Labute approximate surface area is 148 Å². The second kappa shape index (κ2) is 8.17. The molecule has 122 valence electrons. The van der Waals surface area contributed by atoms with E-state index < -0.39 is 5.91 Å². The third-order valence-electron chi connectivity index (χ3n) is 3.46. The molecule has 1 unspecified atom stereocenters. The highest BCUT2D eigenvalue weighted by molar-refractivity contribution is 14.1. The molecule has 1 atom stereocenters. The molecule has 0 bridgehead atoms. The van der Waals surface area contributed by atoms with Crippen LogP contribution in [0.25, 0.3) is 6.08 Å². The number of nitrogens with zero attached hydrogens (tertiary/aromatic N) is 1. The summed E-state index contributed by atoms with van der Waals surface area (Å²) >= 11 is 1.96. The molecule has 2 rings (SSSR count). The van der Waals surface area contributed by atoms with Crippen LogP contribution >= 0.6 is 22.6 Å². The maximum absolute atomic E-state index is 12.1. The number of rotatable bonds is 5. The number of carbonyl (C=O) groups is 1. The Bertz CT molecular complexity index is 661. The molecular weight excluding hydrogens is 411 g/mol. The highest BCUT2D eigenvalue weighted by Crippen LogP contribution is 2.33.